The molecule has 2 aliphatic heterocycles. The SMILES string of the molecule is COc1ccc(F)cc1-c1cccc(CC2(C(=O)NC3CCN(Cc4ccccc4)CC3)CCOCC2)c1. The molecule has 0 aromatic heterocycles. The van der Waals surface area contributed by atoms with Crippen LogP contribution in [0.3, 0.4) is 0 Å². The Kier molecular flexibility index (Phi) is 8.40. The first kappa shape index (κ1) is 26.4. The first-order chi connectivity index (χ1) is 18.5. The number of halogens is 1. The molecule has 2 aliphatic rings. The van der Waals surface area contributed by atoms with E-state index in [1.165, 1.54) is 17.7 Å². The number of nitrogens with zero attached hydrogens (tertiary/aromatic N) is 1. The van der Waals surface area contributed by atoms with Crippen LogP contribution < -0.4 is 10.1 Å². The zero-order chi connectivity index (χ0) is 26.4. The molecule has 6 heteroatoms. The molecule has 200 valence electrons. The van der Waals surface area contributed by atoms with Gasteiger partial charge < -0.3 is 14.8 Å². The van der Waals surface area contributed by atoms with Gasteiger partial charge in [-0.25, -0.2) is 4.39 Å². The molecule has 0 radical (unpaired) electrons. The number of hydrogen-bond donors (Lipinski definition) is 1. The van der Waals surface area contributed by atoms with E-state index in [0.29, 0.717) is 43.8 Å². The van der Waals surface area contributed by atoms with Crippen LogP contribution in [-0.4, -0.2) is 50.3 Å². The van der Waals surface area contributed by atoms with Gasteiger partial charge in [0.1, 0.15) is 11.6 Å². The van der Waals surface area contributed by atoms with Gasteiger partial charge in [0.15, 0.2) is 0 Å². The highest BCUT2D eigenvalue weighted by atomic mass is 19.1. The van der Waals surface area contributed by atoms with Crippen molar-refractivity contribution in [3.05, 3.63) is 89.7 Å². The summed E-state index contributed by atoms with van der Waals surface area (Å²) in [5.74, 6) is 0.457. The summed E-state index contributed by atoms with van der Waals surface area (Å²) in [5.41, 5.74) is 3.47. The molecule has 1 N–H and O–H groups in total. The van der Waals surface area contributed by atoms with E-state index in [4.69, 9.17) is 9.47 Å². The van der Waals surface area contributed by atoms with Gasteiger partial charge in [-0.3, -0.25) is 9.69 Å². The van der Waals surface area contributed by atoms with Crippen molar-refractivity contribution in [1.29, 1.82) is 0 Å². The van der Waals surface area contributed by atoms with Crippen molar-refractivity contribution in [2.45, 2.75) is 44.7 Å². The van der Waals surface area contributed by atoms with Crippen LogP contribution in [0.15, 0.2) is 72.8 Å². The van der Waals surface area contributed by atoms with E-state index < -0.39 is 5.41 Å². The van der Waals surface area contributed by atoms with Crippen molar-refractivity contribution in [1.82, 2.24) is 10.2 Å². The van der Waals surface area contributed by atoms with Gasteiger partial charge in [0.25, 0.3) is 0 Å². The second kappa shape index (κ2) is 12.1. The average molecular weight is 517 g/mol. The predicted octanol–water partition coefficient (Wildman–Crippen LogP) is 5.62. The molecule has 2 fully saturated rings. The van der Waals surface area contributed by atoms with Gasteiger partial charge >= 0.3 is 0 Å². The maximum atomic E-state index is 14.0. The fraction of sp³-hybridized carbons (Fsp3) is 0.406. The highest BCUT2D eigenvalue weighted by molar-refractivity contribution is 5.83. The molecule has 3 aromatic rings. The minimum absolute atomic E-state index is 0.135. The number of methoxy groups -OCH3 is 1. The van der Waals surface area contributed by atoms with Gasteiger partial charge in [0, 0.05) is 44.5 Å². The van der Waals surface area contributed by atoms with E-state index >= 15 is 0 Å². The summed E-state index contributed by atoms with van der Waals surface area (Å²) < 4.78 is 25.2. The Balaban J connectivity index is 1.26. The van der Waals surface area contributed by atoms with E-state index in [-0.39, 0.29) is 17.8 Å². The van der Waals surface area contributed by atoms with Crippen LogP contribution in [0, 0.1) is 11.2 Å². The number of likely N-dealkylation sites (tertiary alicyclic amines) is 1. The molecule has 0 unspecified atom stereocenters. The number of benzene rings is 3. The Bertz CT molecular complexity index is 1220. The zero-order valence-corrected chi connectivity index (χ0v) is 22.1. The lowest BCUT2D eigenvalue weighted by Gasteiger charge is -2.39. The third kappa shape index (κ3) is 6.25. The molecule has 0 spiro atoms. The molecule has 38 heavy (non-hydrogen) atoms. The number of ether oxygens (including phenoxy) is 2. The lowest BCUT2D eigenvalue weighted by Crippen LogP contribution is -2.52. The van der Waals surface area contributed by atoms with E-state index in [9.17, 15) is 9.18 Å². The number of piperidine rings is 1. The summed E-state index contributed by atoms with van der Waals surface area (Å²) in [6.45, 7) is 4.08. The summed E-state index contributed by atoms with van der Waals surface area (Å²) in [7, 11) is 1.59. The standard InChI is InChI=1S/C32H37FN2O3/c1-37-30-11-10-27(33)21-29(30)26-9-5-8-25(20-26)22-32(14-18-38-19-15-32)31(36)34-28-12-16-35(17-13-28)23-24-6-3-2-4-7-24/h2-11,20-21,28H,12-19,22-23H2,1H3,(H,34,36). The van der Waals surface area contributed by atoms with Gasteiger partial charge in [-0.05, 0) is 67.0 Å². The van der Waals surface area contributed by atoms with Crippen molar-refractivity contribution in [2.24, 2.45) is 5.41 Å². The Morgan fingerprint density at radius 1 is 1.00 bits per heavy atom. The third-order valence-corrected chi connectivity index (χ3v) is 8.05. The Morgan fingerprint density at radius 2 is 1.74 bits per heavy atom. The smallest absolute Gasteiger partial charge is 0.226 e. The summed E-state index contributed by atoms with van der Waals surface area (Å²) in [6.07, 6.45) is 3.93. The molecular weight excluding hydrogens is 479 g/mol. The Labute approximate surface area is 225 Å². The van der Waals surface area contributed by atoms with Crippen molar-refractivity contribution in [3.8, 4) is 16.9 Å². The molecule has 5 rings (SSSR count). The number of nitrogens with one attached hydrogen (secondary N) is 1. The van der Waals surface area contributed by atoms with Gasteiger partial charge in [-0.1, -0.05) is 54.6 Å². The molecule has 2 saturated heterocycles. The number of amides is 1. The van der Waals surface area contributed by atoms with E-state index in [0.717, 1.165) is 43.6 Å². The second-order valence-corrected chi connectivity index (χ2v) is 10.6. The van der Waals surface area contributed by atoms with Crippen LogP contribution >= 0.6 is 0 Å². The van der Waals surface area contributed by atoms with Crippen LogP contribution in [0.1, 0.15) is 36.8 Å². The molecule has 1 amide bonds. The second-order valence-electron chi connectivity index (χ2n) is 10.6. The van der Waals surface area contributed by atoms with Crippen LogP contribution in [0.2, 0.25) is 0 Å². The molecule has 2 heterocycles. The maximum Gasteiger partial charge on any atom is 0.226 e. The number of rotatable bonds is 8. The highest BCUT2D eigenvalue weighted by Crippen LogP contribution is 2.37. The molecule has 3 aromatic carbocycles. The lowest BCUT2D eigenvalue weighted by atomic mass is 9.74. The summed E-state index contributed by atoms with van der Waals surface area (Å²) in [6, 6.07) is 23.3. The first-order valence-corrected chi connectivity index (χ1v) is 13.6. The van der Waals surface area contributed by atoms with Crippen LogP contribution in [0.5, 0.6) is 5.75 Å². The Hall–Kier alpha value is -3.22. The number of carbonyl (C=O) groups excluding carboxylic acids is 1. The predicted molar refractivity (Wildman–Crippen MR) is 147 cm³/mol. The lowest BCUT2D eigenvalue weighted by molar-refractivity contribution is -0.137. The number of hydrogen-bond acceptors (Lipinski definition) is 4. The highest BCUT2D eigenvalue weighted by Gasteiger charge is 2.41. The van der Waals surface area contributed by atoms with E-state index in [2.05, 4.69) is 46.6 Å². The summed E-state index contributed by atoms with van der Waals surface area (Å²) in [4.78, 5) is 16.3. The minimum Gasteiger partial charge on any atom is -0.496 e. The first-order valence-electron chi connectivity index (χ1n) is 13.6. The van der Waals surface area contributed by atoms with Crippen LogP contribution in [0.25, 0.3) is 11.1 Å². The average Bonchev–Trinajstić information content (AvgIpc) is 2.95. The normalized spacial score (nSPS) is 18.2. The summed E-state index contributed by atoms with van der Waals surface area (Å²) >= 11 is 0. The van der Waals surface area contributed by atoms with E-state index in [1.807, 2.05) is 18.2 Å². The molecule has 0 atom stereocenters. The molecule has 5 nitrogen and oxygen atoms in total. The quantitative estimate of drug-likeness (QED) is 0.422. The van der Waals surface area contributed by atoms with Gasteiger partial charge in [0.2, 0.25) is 5.91 Å². The topological polar surface area (TPSA) is 50.8 Å². The monoisotopic (exact) mass is 516 g/mol. The molecule has 0 aliphatic carbocycles. The maximum absolute atomic E-state index is 14.0. The van der Waals surface area contributed by atoms with Crippen molar-refractivity contribution < 1.29 is 18.7 Å². The molecule has 0 saturated carbocycles. The van der Waals surface area contributed by atoms with Crippen molar-refractivity contribution >= 4 is 5.91 Å². The molecule has 0 bridgehead atoms. The zero-order valence-electron chi connectivity index (χ0n) is 22.1. The van der Waals surface area contributed by atoms with Gasteiger partial charge in [-0.2, -0.15) is 0 Å². The van der Waals surface area contributed by atoms with Crippen molar-refractivity contribution in [3.63, 3.8) is 0 Å². The number of carbonyl (C=O) groups is 1. The van der Waals surface area contributed by atoms with Crippen molar-refractivity contribution in [2.75, 3.05) is 33.4 Å². The van der Waals surface area contributed by atoms with Crippen LogP contribution in [-0.2, 0) is 22.5 Å². The van der Waals surface area contributed by atoms with E-state index in [1.54, 1.807) is 13.2 Å². The van der Waals surface area contributed by atoms with Crippen LogP contribution in [0.4, 0.5) is 4.39 Å². The fourth-order valence-corrected chi connectivity index (χ4v) is 5.81. The minimum atomic E-state index is -0.510. The van der Waals surface area contributed by atoms with Gasteiger partial charge in [-0.15, -0.1) is 0 Å². The largest absolute Gasteiger partial charge is 0.496 e. The third-order valence-electron chi connectivity index (χ3n) is 8.05. The fourth-order valence-electron chi connectivity index (χ4n) is 5.81. The molecular formula is C32H37FN2O3. The van der Waals surface area contributed by atoms with Gasteiger partial charge in [0.05, 0.1) is 12.5 Å². The summed E-state index contributed by atoms with van der Waals surface area (Å²) in [5, 5.41) is 3.42. The Morgan fingerprint density at radius 3 is 2.47 bits per heavy atom.